The summed E-state index contributed by atoms with van der Waals surface area (Å²) in [6.45, 7) is 4.04. The van der Waals surface area contributed by atoms with Gasteiger partial charge < -0.3 is 10.6 Å². The molecule has 0 radical (unpaired) electrons. The van der Waals surface area contributed by atoms with E-state index in [1.807, 2.05) is 26.0 Å². The molecule has 2 rings (SSSR count). The molecule has 0 spiro atoms. The number of aryl methyl sites for hydroxylation is 2. The van der Waals surface area contributed by atoms with E-state index >= 15 is 0 Å². The lowest BCUT2D eigenvalue weighted by Crippen LogP contribution is -2.19. The van der Waals surface area contributed by atoms with Gasteiger partial charge in [0.25, 0.3) is 5.69 Å². The Hall–Kier alpha value is -2.47. The van der Waals surface area contributed by atoms with Gasteiger partial charge in [0.05, 0.1) is 4.92 Å². The van der Waals surface area contributed by atoms with Crippen molar-refractivity contribution >= 4 is 34.4 Å². The van der Waals surface area contributed by atoms with Gasteiger partial charge in [-0.05, 0) is 49.8 Å². The van der Waals surface area contributed by atoms with Crippen molar-refractivity contribution in [1.29, 1.82) is 0 Å². The van der Waals surface area contributed by atoms with Crippen LogP contribution in [0.4, 0.5) is 17.1 Å². The summed E-state index contributed by atoms with van der Waals surface area (Å²) >= 11 is 5.24. The zero-order valence-electron chi connectivity index (χ0n) is 11.7. The second-order valence-electron chi connectivity index (χ2n) is 4.70. The quantitative estimate of drug-likeness (QED) is 0.509. The summed E-state index contributed by atoms with van der Waals surface area (Å²) in [5, 5.41) is 17.1. The minimum atomic E-state index is -0.435. The Labute approximate surface area is 128 Å². The summed E-state index contributed by atoms with van der Waals surface area (Å²) in [6.07, 6.45) is 0. The smallest absolute Gasteiger partial charge is 0.269 e. The first-order chi connectivity index (χ1) is 9.95. The van der Waals surface area contributed by atoms with Crippen LogP contribution in [0.5, 0.6) is 0 Å². The molecular weight excluding hydrogens is 286 g/mol. The summed E-state index contributed by atoms with van der Waals surface area (Å²) in [4.78, 5) is 10.2. The summed E-state index contributed by atoms with van der Waals surface area (Å²) in [7, 11) is 0. The second kappa shape index (κ2) is 6.32. The molecule has 5 nitrogen and oxygen atoms in total. The monoisotopic (exact) mass is 301 g/mol. The average Bonchev–Trinajstić information content (AvgIpc) is 2.42. The third kappa shape index (κ3) is 4.00. The van der Waals surface area contributed by atoms with E-state index in [2.05, 4.69) is 16.7 Å². The molecule has 0 saturated heterocycles. The van der Waals surface area contributed by atoms with Crippen molar-refractivity contribution in [3.8, 4) is 0 Å². The molecule has 0 atom stereocenters. The highest BCUT2D eigenvalue weighted by Crippen LogP contribution is 2.18. The summed E-state index contributed by atoms with van der Waals surface area (Å²) < 4.78 is 0. The third-order valence-electron chi connectivity index (χ3n) is 2.97. The van der Waals surface area contributed by atoms with Crippen LogP contribution in [-0.2, 0) is 0 Å². The zero-order chi connectivity index (χ0) is 15.4. The minimum Gasteiger partial charge on any atom is -0.332 e. The zero-order valence-corrected chi connectivity index (χ0v) is 12.5. The predicted octanol–water partition coefficient (Wildman–Crippen LogP) is 4.02. The van der Waals surface area contributed by atoms with E-state index in [4.69, 9.17) is 12.2 Å². The van der Waals surface area contributed by atoms with Gasteiger partial charge in [-0.1, -0.05) is 17.7 Å². The van der Waals surface area contributed by atoms with E-state index in [-0.39, 0.29) is 5.69 Å². The van der Waals surface area contributed by atoms with Crippen molar-refractivity contribution in [2.24, 2.45) is 0 Å². The molecule has 108 valence electrons. The van der Waals surface area contributed by atoms with Crippen LogP contribution in [0, 0.1) is 24.0 Å². The molecule has 0 fully saturated rings. The number of nitrogens with one attached hydrogen (secondary N) is 2. The average molecular weight is 301 g/mol. The lowest BCUT2D eigenvalue weighted by Gasteiger charge is -2.12. The number of rotatable bonds is 3. The lowest BCUT2D eigenvalue weighted by molar-refractivity contribution is -0.384. The molecule has 0 unspecified atom stereocenters. The van der Waals surface area contributed by atoms with Crippen LogP contribution < -0.4 is 10.6 Å². The number of nitrogens with zero attached hydrogens (tertiary/aromatic N) is 1. The second-order valence-corrected chi connectivity index (χ2v) is 5.11. The van der Waals surface area contributed by atoms with Crippen LogP contribution >= 0.6 is 12.2 Å². The summed E-state index contributed by atoms with van der Waals surface area (Å²) in [6, 6.07) is 12.1. The highest BCUT2D eigenvalue weighted by Gasteiger charge is 2.05. The number of benzene rings is 2. The number of thiocarbonyl (C=S) groups is 1. The number of nitro groups is 1. The number of nitro benzene ring substituents is 1. The van der Waals surface area contributed by atoms with Crippen molar-refractivity contribution in [3.63, 3.8) is 0 Å². The first-order valence-corrected chi connectivity index (χ1v) is 6.76. The van der Waals surface area contributed by atoms with Gasteiger partial charge in [0.15, 0.2) is 5.11 Å². The van der Waals surface area contributed by atoms with E-state index < -0.39 is 4.92 Å². The summed E-state index contributed by atoms with van der Waals surface area (Å²) in [5.41, 5.74) is 3.96. The Balaban J connectivity index is 2.02. The van der Waals surface area contributed by atoms with E-state index in [1.54, 1.807) is 12.1 Å². The molecule has 0 aliphatic rings. The van der Waals surface area contributed by atoms with E-state index in [1.165, 1.54) is 17.7 Å². The van der Waals surface area contributed by atoms with Gasteiger partial charge in [0, 0.05) is 23.5 Å². The standard InChI is InChI=1S/C15H15N3O2S/c1-10-3-8-14(11(2)9-10)17-15(21)16-12-4-6-13(7-5-12)18(19)20/h3-9H,1-2H3,(H2,16,17,21). The normalized spacial score (nSPS) is 10.0. The Kier molecular flexibility index (Phi) is 4.49. The molecule has 2 aromatic rings. The van der Waals surface area contributed by atoms with Gasteiger partial charge in [-0.2, -0.15) is 0 Å². The van der Waals surface area contributed by atoms with Crippen LogP contribution in [0.15, 0.2) is 42.5 Å². The SMILES string of the molecule is Cc1ccc(NC(=S)Nc2ccc([N+](=O)[O-])cc2)c(C)c1. The molecule has 0 saturated carbocycles. The molecule has 2 aromatic carbocycles. The molecule has 0 amide bonds. The van der Waals surface area contributed by atoms with Crippen LogP contribution in [-0.4, -0.2) is 10.0 Å². The first kappa shape index (κ1) is 14.9. The molecule has 6 heteroatoms. The largest absolute Gasteiger partial charge is 0.332 e. The van der Waals surface area contributed by atoms with E-state index in [9.17, 15) is 10.1 Å². The first-order valence-electron chi connectivity index (χ1n) is 6.35. The Morgan fingerprint density at radius 2 is 1.76 bits per heavy atom. The molecule has 0 aliphatic heterocycles. The van der Waals surface area contributed by atoms with Gasteiger partial charge in [0.1, 0.15) is 0 Å². The maximum absolute atomic E-state index is 10.6. The fourth-order valence-electron chi connectivity index (χ4n) is 1.90. The van der Waals surface area contributed by atoms with E-state index in [0.29, 0.717) is 10.8 Å². The Morgan fingerprint density at radius 1 is 1.10 bits per heavy atom. The van der Waals surface area contributed by atoms with Crippen LogP contribution in [0.25, 0.3) is 0 Å². The molecule has 21 heavy (non-hydrogen) atoms. The number of hydrogen-bond acceptors (Lipinski definition) is 3. The molecule has 0 heterocycles. The van der Waals surface area contributed by atoms with Crippen molar-refractivity contribution in [2.45, 2.75) is 13.8 Å². The highest BCUT2D eigenvalue weighted by molar-refractivity contribution is 7.80. The Morgan fingerprint density at radius 3 is 2.33 bits per heavy atom. The molecule has 0 bridgehead atoms. The van der Waals surface area contributed by atoms with Crippen LogP contribution in [0.2, 0.25) is 0 Å². The van der Waals surface area contributed by atoms with Crippen molar-refractivity contribution in [2.75, 3.05) is 10.6 Å². The predicted molar refractivity (Wildman–Crippen MR) is 88.9 cm³/mol. The van der Waals surface area contributed by atoms with Crippen molar-refractivity contribution in [3.05, 3.63) is 63.7 Å². The van der Waals surface area contributed by atoms with Gasteiger partial charge in [-0.25, -0.2) is 0 Å². The molecular formula is C15H15N3O2S. The topological polar surface area (TPSA) is 67.2 Å². The maximum atomic E-state index is 10.6. The van der Waals surface area contributed by atoms with Gasteiger partial charge in [-0.15, -0.1) is 0 Å². The van der Waals surface area contributed by atoms with Crippen LogP contribution in [0.1, 0.15) is 11.1 Å². The van der Waals surface area contributed by atoms with Gasteiger partial charge >= 0.3 is 0 Å². The lowest BCUT2D eigenvalue weighted by atomic mass is 10.1. The van der Waals surface area contributed by atoms with Gasteiger partial charge in [-0.3, -0.25) is 10.1 Å². The number of hydrogen-bond donors (Lipinski definition) is 2. The Bertz CT molecular complexity index is 684. The maximum Gasteiger partial charge on any atom is 0.269 e. The number of anilines is 2. The van der Waals surface area contributed by atoms with Crippen molar-refractivity contribution < 1.29 is 4.92 Å². The minimum absolute atomic E-state index is 0.0498. The molecule has 0 aliphatic carbocycles. The molecule has 0 aromatic heterocycles. The van der Waals surface area contributed by atoms with E-state index in [0.717, 1.165) is 11.3 Å². The van der Waals surface area contributed by atoms with Crippen molar-refractivity contribution in [1.82, 2.24) is 0 Å². The highest BCUT2D eigenvalue weighted by atomic mass is 32.1. The summed E-state index contributed by atoms with van der Waals surface area (Å²) in [5.74, 6) is 0. The fraction of sp³-hybridized carbons (Fsp3) is 0.133. The van der Waals surface area contributed by atoms with Crippen LogP contribution in [0.3, 0.4) is 0 Å². The van der Waals surface area contributed by atoms with Gasteiger partial charge in [0.2, 0.25) is 0 Å². The fourth-order valence-corrected chi connectivity index (χ4v) is 2.13. The third-order valence-corrected chi connectivity index (χ3v) is 3.17. The molecule has 2 N–H and O–H groups in total. The number of non-ortho nitro benzene ring substituents is 1.